The number of thiophene rings is 1. The standard InChI is InChI=1S/C28H23N3O2S/c1-32-18-13-11-17(12-14-18)22-19-9-5-6-10-21(19)31-28-24(22)25-26(34-28)23(16-7-3-2-4-8-16)20(15-29)27(30)33-25/h2-4,7-8,11-14,23H,5-6,9-10,30H2,1H3. The van der Waals surface area contributed by atoms with Crippen LogP contribution in [0.2, 0.25) is 0 Å². The fraction of sp³-hybridized carbons (Fsp3) is 0.214. The maximum atomic E-state index is 9.96. The molecule has 1 atom stereocenters. The maximum absolute atomic E-state index is 9.96. The first-order valence-electron chi connectivity index (χ1n) is 11.4. The largest absolute Gasteiger partial charge is 0.497 e. The molecule has 0 saturated heterocycles. The fourth-order valence-corrected chi connectivity index (χ4v) is 6.43. The first kappa shape index (κ1) is 20.8. The molecule has 2 aliphatic rings. The van der Waals surface area contributed by atoms with Gasteiger partial charge in [0, 0.05) is 11.3 Å². The molecule has 0 fully saturated rings. The van der Waals surface area contributed by atoms with Gasteiger partial charge in [0.05, 0.1) is 23.3 Å². The molecule has 6 rings (SSSR count). The SMILES string of the molecule is COc1ccc(-c2c3c(nc4sc5c(c24)OC(N)=C(C#N)C5c2ccccc2)CCCC3)cc1. The predicted octanol–water partition coefficient (Wildman–Crippen LogP) is 6.07. The Morgan fingerprint density at radius 3 is 2.59 bits per heavy atom. The van der Waals surface area contributed by atoms with Gasteiger partial charge in [-0.3, -0.25) is 0 Å². The van der Waals surface area contributed by atoms with Crippen LogP contribution in [-0.2, 0) is 12.8 Å². The van der Waals surface area contributed by atoms with Crippen LogP contribution >= 0.6 is 11.3 Å². The molecule has 0 radical (unpaired) electrons. The van der Waals surface area contributed by atoms with Gasteiger partial charge in [-0.1, -0.05) is 42.5 Å². The van der Waals surface area contributed by atoms with Crippen molar-refractivity contribution >= 4 is 21.6 Å². The Hall–Kier alpha value is -3.82. The van der Waals surface area contributed by atoms with E-state index in [1.807, 2.05) is 42.5 Å². The van der Waals surface area contributed by atoms with Crippen molar-refractivity contribution in [3.63, 3.8) is 0 Å². The van der Waals surface area contributed by atoms with Gasteiger partial charge in [0.1, 0.15) is 22.2 Å². The highest BCUT2D eigenvalue weighted by Gasteiger charge is 2.36. The molecule has 0 amide bonds. The van der Waals surface area contributed by atoms with Gasteiger partial charge < -0.3 is 15.2 Å². The van der Waals surface area contributed by atoms with E-state index in [-0.39, 0.29) is 11.8 Å². The van der Waals surface area contributed by atoms with Crippen molar-refractivity contribution in [3.05, 3.63) is 87.8 Å². The van der Waals surface area contributed by atoms with E-state index in [1.54, 1.807) is 18.4 Å². The second-order valence-corrected chi connectivity index (χ2v) is 9.69. The number of benzene rings is 2. The van der Waals surface area contributed by atoms with Gasteiger partial charge in [0.2, 0.25) is 5.88 Å². The van der Waals surface area contributed by atoms with Crippen LogP contribution in [-0.4, -0.2) is 12.1 Å². The lowest BCUT2D eigenvalue weighted by atomic mass is 9.85. The molecule has 1 aliphatic heterocycles. The Morgan fingerprint density at radius 2 is 1.85 bits per heavy atom. The molecule has 1 unspecified atom stereocenters. The number of nitrogens with zero attached hydrogens (tertiary/aromatic N) is 2. The van der Waals surface area contributed by atoms with Crippen molar-refractivity contribution in [2.45, 2.75) is 31.6 Å². The van der Waals surface area contributed by atoms with Crippen LogP contribution in [0.25, 0.3) is 21.3 Å². The molecule has 2 aromatic heterocycles. The first-order chi connectivity index (χ1) is 16.7. The lowest BCUT2D eigenvalue weighted by Gasteiger charge is -2.25. The predicted molar refractivity (Wildman–Crippen MR) is 134 cm³/mol. The zero-order valence-corrected chi connectivity index (χ0v) is 19.6. The summed E-state index contributed by atoms with van der Waals surface area (Å²) in [5.74, 6) is 1.45. The summed E-state index contributed by atoms with van der Waals surface area (Å²) >= 11 is 1.61. The Kier molecular flexibility index (Phi) is 5.00. The van der Waals surface area contributed by atoms with Crippen LogP contribution in [0.4, 0.5) is 0 Å². The summed E-state index contributed by atoms with van der Waals surface area (Å²) in [6.07, 6.45) is 4.25. The average Bonchev–Trinajstić information content (AvgIpc) is 3.24. The second-order valence-electron chi connectivity index (χ2n) is 8.66. The van der Waals surface area contributed by atoms with E-state index in [0.717, 1.165) is 63.4 Å². The third-order valence-electron chi connectivity index (χ3n) is 6.76. The van der Waals surface area contributed by atoms with Crippen LogP contribution in [0.3, 0.4) is 0 Å². The summed E-state index contributed by atoms with van der Waals surface area (Å²) in [5, 5.41) is 10.9. The van der Waals surface area contributed by atoms with E-state index in [0.29, 0.717) is 5.57 Å². The molecule has 0 bridgehead atoms. The monoisotopic (exact) mass is 465 g/mol. The van der Waals surface area contributed by atoms with Crippen LogP contribution in [0.5, 0.6) is 11.5 Å². The number of fused-ring (bicyclic) bond motifs is 4. The van der Waals surface area contributed by atoms with Crippen LogP contribution in [0.15, 0.2) is 66.1 Å². The summed E-state index contributed by atoms with van der Waals surface area (Å²) < 4.78 is 11.6. The van der Waals surface area contributed by atoms with Crippen LogP contribution in [0.1, 0.15) is 40.5 Å². The molecule has 4 aromatic rings. The molecule has 168 valence electrons. The van der Waals surface area contributed by atoms with Crippen LogP contribution < -0.4 is 15.2 Å². The Labute approximate surface area is 202 Å². The Bertz CT molecular complexity index is 1480. The molecular weight excluding hydrogens is 442 g/mol. The van der Waals surface area contributed by atoms with E-state index < -0.39 is 0 Å². The summed E-state index contributed by atoms with van der Waals surface area (Å²) in [6.45, 7) is 0. The number of hydrogen-bond donors (Lipinski definition) is 1. The molecule has 6 heteroatoms. The molecule has 0 saturated carbocycles. The number of aromatic nitrogens is 1. The third kappa shape index (κ3) is 3.16. The molecule has 2 N–H and O–H groups in total. The summed E-state index contributed by atoms with van der Waals surface area (Å²) in [5.41, 5.74) is 12.6. The highest BCUT2D eigenvalue weighted by molar-refractivity contribution is 7.19. The summed E-state index contributed by atoms with van der Waals surface area (Å²) in [7, 11) is 1.68. The van der Waals surface area contributed by atoms with Crippen molar-refractivity contribution in [2.24, 2.45) is 5.73 Å². The molecule has 0 spiro atoms. The molecule has 3 heterocycles. The minimum atomic E-state index is -0.269. The van der Waals surface area contributed by atoms with Crippen LogP contribution in [0, 0.1) is 11.3 Å². The van der Waals surface area contributed by atoms with Gasteiger partial charge in [0.25, 0.3) is 0 Å². The van der Waals surface area contributed by atoms with Gasteiger partial charge in [0.15, 0.2) is 5.75 Å². The van der Waals surface area contributed by atoms with E-state index in [9.17, 15) is 5.26 Å². The topological polar surface area (TPSA) is 81.2 Å². The number of allylic oxidation sites excluding steroid dienone is 1. The average molecular weight is 466 g/mol. The first-order valence-corrected chi connectivity index (χ1v) is 12.3. The van der Waals surface area contributed by atoms with E-state index in [2.05, 4.69) is 18.2 Å². The highest BCUT2D eigenvalue weighted by atomic mass is 32.1. The zero-order chi connectivity index (χ0) is 23.2. The lowest BCUT2D eigenvalue weighted by molar-refractivity contribution is 0.401. The smallest absolute Gasteiger partial charge is 0.205 e. The minimum absolute atomic E-state index is 0.168. The number of nitriles is 1. The molecule has 1 aliphatic carbocycles. The number of aryl methyl sites for hydroxylation is 1. The number of methoxy groups -OCH3 is 1. The molecular formula is C28H23N3O2S. The van der Waals surface area contributed by atoms with Crippen molar-refractivity contribution in [1.82, 2.24) is 4.98 Å². The second kappa shape index (κ2) is 8.19. The molecule has 5 nitrogen and oxygen atoms in total. The minimum Gasteiger partial charge on any atom is -0.497 e. The highest BCUT2D eigenvalue weighted by Crippen LogP contribution is 2.53. The van der Waals surface area contributed by atoms with Crippen molar-refractivity contribution in [1.29, 1.82) is 5.26 Å². The van der Waals surface area contributed by atoms with Gasteiger partial charge in [-0.15, -0.1) is 11.3 Å². The molecule has 2 aromatic carbocycles. The number of nitrogens with two attached hydrogens (primary N) is 1. The normalized spacial score (nSPS) is 17.0. The van der Waals surface area contributed by atoms with Gasteiger partial charge in [-0.05, 0) is 54.5 Å². The number of rotatable bonds is 3. The van der Waals surface area contributed by atoms with E-state index >= 15 is 0 Å². The van der Waals surface area contributed by atoms with Gasteiger partial charge in [-0.2, -0.15) is 5.26 Å². The number of ether oxygens (including phenoxy) is 2. The zero-order valence-electron chi connectivity index (χ0n) is 18.8. The summed E-state index contributed by atoms with van der Waals surface area (Å²) in [4.78, 5) is 7.03. The lowest BCUT2D eigenvalue weighted by Crippen LogP contribution is -2.19. The van der Waals surface area contributed by atoms with Gasteiger partial charge >= 0.3 is 0 Å². The quantitative estimate of drug-likeness (QED) is 0.397. The van der Waals surface area contributed by atoms with Gasteiger partial charge in [-0.25, -0.2) is 4.98 Å². The number of hydrogen-bond acceptors (Lipinski definition) is 6. The van der Waals surface area contributed by atoms with Crippen molar-refractivity contribution in [2.75, 3.05) is 7.11 Å². The van der Waals surface area contributed by atoms with Crippen molar-refractivity contribution in [3.8, 4) is 28.7 Å². The Morgan fingerprint density at radius 1 is 1.09 bits per heavy atom. The van der Waals surface area contributed by atoms with E-state index in [4.69, 9.17) is 20.2 Å². The fourth-order valence-electron chi connectivity index (χ4n) is 5.17. The van der Waals surface area contributed by atoms with E-state index in [1.165, 1.54) is 16.8 Å². The number of pyridine rings is 1. The van der Waals surface area contributed by atoms with Crippen molar-refractivity contribution < 1.29 is 9.47 Å². The molecule has 34 heavy (non-hydrogen) atoms. The maximum Gasteiger partial charge on any atom is 0.205 e. The Balaban J connectivity index is 1.67. The third-order valence-corrected chi connectivity index (χ3v) is 7.89. The summed E-state index contributed by atoms with van der Waals surface area (Å²) in [6, 6.07) is 20.5.